The quantitative estimate of drug-likeness (QED) is 0.200. The predicted octanol–water partition coefficient (Wildman–Crippen LogP) is 0.993. The number of aryl methyl sites for hydroxylation is 2. The highest BCUT2D eigenvalue weighted by Crippen LogP contribution is 2.46. The van der Waals surface area contributed by atoms with Gasteiger partial charge in [0.1, 0.15) is 23.6 Å². The largest absolute Gasteiger partial charge is 0.507 e. The zero-order valence-electron chi connectivity index (χ0n) is 29.8. The minimum atomic E-state index is -2.11. The Bertz CT molecular complexity index is 2040. The van der Waals surface area contributed by atoms with Gasteiger partial charge in [-0.15, -0.1) is 0 Å². The van der Waals surface area contributed by atoms with Gasteiger partial charge in [-0.25, -0.2) is 0 Å². The number of nitrogens with one attached hydrogen (secondary N) is 2. The molecule has 15 heteroatoms. The molecule has 2 aliphatic carbocycles. The van der Waals surface area contributed by atoms with E-state index in [1.165, 1.54) is 32.2 Å². The van der Waals surface area contributed by atoms with Gasteiger partial charge in [-0.1, -0.05) is 65.6 Å². The number of carbonyl (C=O) groups excluding carboxylic acids is 2. The summed E-state index contributed by atoms with van der Waals surface area (Å²) in [6.45, 7) is 4.10. The third kappa shape index (κ3) is 7.04. The molecule has 14 nitrogen and oxygen atoms in total. The average Bonchev–Trinajstić information content (AvgIpc) is 3.45. The minimum Gasteiger partial charge on any atom is -0.507 e. The summed E-state index contributed by atoms with van der Waals surface area (Å²) >= 11 is 6.82. The second-order valence-electron chi connectivity index (χ2n) is 13.7. The van der Waals surface area contributed by atoms with E-state index in [1.807, 2.05) is 0 Å². The van der Waals surface area contributed by atoms with Crippen molar-refractivity contribution in [3.63, 3.8) is 0 Å². The molecular weight excluding hydrogens is 724 g/mol. The lowest BCUT2D eigenvalue weighted by atomic mass is 9.84. The Hall–Kier alpha value is -4.61. The first kappa shape index (κ1) is 39.1. The normalized spacial score (nSPS) is 32.9. The highest BCUT2D eigenvalue weighted by atomic mass is 35.5. The van der Waals surface area contributed by atoms with Crippen LogP contribution in [0, 0.1) is 37.5 Å². The van der Waals surface area contributed by atoms with E-state index in [9.17, 15) is 40.2 Å². The summed E-state index contributed by atoms with van der Waals surface area (Å²) in [5.74, 6) is 9.79. The van der Waals surface area contributed by atoms with Crippen LogP contribution in [0.25, 0.3) is 0 Å². The van der Waals surface area contributed by atoms with Crippen molar-refractivity contribution in [3.8, 4) is 40.9 Å². The van der Waals surface area contributed by atoms with Gasteiger partial charge in [0.05, 0.1) is 49.0 Å². The van der Waals surface area contributed by atoms with Gasteiger partial charge in [0, 0.05) is 23.3 Å². The topological polar surface area (TPSA) is 216 Å². The molecule has 1 saturated heterocycles. The maximum absolute atomic E-state index is 13.4. The van der Waals surface area contributed by atoms with Crippen LogP contribution in [-0.2, 0) is 14.3 Å². The third-order valence-corrected chi connectivity index (χ3v) is 10.6. The molecule has 9 unspecified atom stereocenters. The van der Waals surface area contributed by atoms with E-state index in [2.05, 4.69) is 34.3 Å². The molecule has 0 radical (unpaired) electrons. The van der Waals surface area contributed by atoms with Crippen molar-refractivity contribution in [1.82, 2.24) is 10.6 Å². The van der Waals surface area contributed by atoms with Gasteiger partial charge in [-0.05, 0) is 44.4 Å². The van der Waals surface area contributed by atoms with Crippen molar-refractivity contribution in [2.75, 3.05) is 20.3 Å². The van der Waals surface area contributed by atoms with Crippen molar-refractivity contribution < 1.29 is 59.2 Å². The molecule has 9 atom stereocenters. The van der Waals surface area contributed by atoms with Gasteiger partial charge in [-0.2, -0.15) is 0 Å². The number of amides is 2. The van der Waals surface area contributed by atoms with Gasteiger partial charge in [-0.3, -0.25) is 9.59 Å². The molecule has 0 spiro atoms. The van der Waals surface area contributed by atoms with E-state index in [4.69, 9.17) is 30.5 Å². The van der Waals surface area contributed by atoms with Crippen LogP contribution < -0.4 is 20.1 Å². The fraction of sp³-hybridized carbons (Fsp3) is 0.436. The van der Waals surface area contributed by atoms with Gasteiger partial charge in [0.15, 0.2) is 29.5 Å². The predicted molar refractivity (Wildman–Crippen MR) is 192 cm³/mol. The number of aliphatic hydroxyl groups is 5. The lowest BCUT2D eigenvalue weighted by Crippen LogP contribution is -2.69. The van der Waals surface area contributed by atoms with E-state index in [1.54, 1.807) is 32.1 Å². The first-order valence-corrected chi connectivity index (χ1v) is 17.6. The SMILES string of the molecule is COc1ccc2c(Cl)c1OC1C#CC(O)/C(=C\CNC(=O)CC2O)C#CC2=CCC(O)C21OC1OCC(NC(=O)c2c(C)ccc(C)c2O)C(C)(O)C1O. The van der Waals surface area contributed by atoms with Crippen LogP contribution in [0.5, 0.6) is 17.2 Å². The van der Waals surface area contributed by atoms with Crippen LogP contribution in [0.4, 0.5) is 0 Å². The molecule has 0 saturated carbocycles. The zero-order valence-corrected chi connectivity index (χ0v) is 30.6. The third-order valence-electron chi connectivity index (χ3n) is 10.2. The first-order chi connectivity index (χ1) is 25.6. The monoisotopic (exact) mass is 764 g/mol. The molecule has 286 valence electrons. The Balaban J connectivity index is 1.41. The van der Waals surface area contributed by atoms with E-state index >= 15 is 0 Å². The van der Waals surface area contributed by atoms with Crippen molar-refractivity contribution in [1.29, 1.82) is 0 Å². The molecule has 8 N–H and O–H groups in total. The minimum absolute atomic E-state index is 0.00112. The number of hydrogen-bond acceptors (Lipinski definition) is 12. The van der Waals surface area contributed by atoms with Crippen LogP contribution >= 0.6 is 11.6 Å². The fourth-order valence-corrected chi connectivity index (χ4v) is 7.12. The molecule has 2 heterocycles. The van der Waals surface area contributed by atoms with E-state index < -0.39 is 72.5 Å². The van der Waals surface area contributed by atoms with Crippen LogP contribution in [0.15, 0.2) is 47.6 Å². The van der Waals surface area contributed by atoms with E-state index in [0.717, 1.165) is 0 Å². The number of carbonyl (C=O) groups is 2. The fourth-order valence-electron chi connectivity index (χ4n) is 6.80. The smallest absolute Gasteiger partial charge is 0.255 e. The van der Waals surface area contributed by atoms with Gasteiger partial charge in [0.2, 0.25) is 5.91 Å². The van der Waals surface area contributed by atoms with Crippen LogP contribution in [-0.4, -0.2) is 111 Å². The van der Waals surface area contributed by atoms with Crippen molar-refractivity contribution >= 4 is 23.4 Å². The molecule has 2 aromatic rings. The molecule has 4 bridgehead atoms. The summed E-state index contributed by atoms with van der Waals surface area (Å²) in [6.07, 6.45) is -6.87. The Morgan fingerprint density at radius 3 is 2.56 bits per heavy atom. The molecule has 2 aromatic carbocycles. The van der Waals surface area contributed by atoms with Crippen molar-refractivity contribution in [3.05, 3.63) is 74.8 Å². The molecule has 54 heavy (non-hydrogen) atoms. The number of aromatic hydroxyl groups is 1. The molecule has 0 aromatic heterocycles. The van der Waals surface area contributed by atoms with E-state index in [-0.39, 0.29) is 63.9 Å². The van der Waals surface area contributed by atoms with Gasteiger partial charge < -0.3 is 60.2 Å². The number of benzene rings is 2. The Kier molecular flexibility index (Phi) is 11.0. The Morgan fingerprint density at radius 1 is 1.07 bits per heavy atom. The number of hydrogen-bond donors (Lipinski definition) is 8. The molecule has 1 fully saturated rings. The maximum Gasteiger partial charge on any atom is 0.255 e. The van der Waals surface area contributed by atoms with E-state index in [0.29, 0.717) is 11.1 Å². The van der Waals surface area contributed by atoms with Crippen LogP contribution in [0.2, 0.25) is 5.02 Å². The van der Waals surface area contributed by atoms with Crippen molar-refractivity contribution in [2.24, 2.45) is 0 Å². The molecule has 4 aliphatic rings. The van der Waals surface area contributed by atoms with Crippen molar-refractivity contribution in [2.45, 2.75) is 87.7 Å². The maximum atomic E-state index is 13.4. The Morgan fingerprint density at radius 2 is 1.81 bits per heavy atom. The van der Waals surface area contributed by atoms with Gasteiger partial charge >= 0.3 is 0 Å². The lowest BCUT2D eigenvalue weighted by molar-refractivity contribution is -0.316. The summed E-state index contributed by atoms with van der Waals surface area (Å²) in [5, 5.41) is 73.1. The number of rotatable bonds is 5. The summed E-state index contributed by atoms with van der Waals surface area (Å²) < 4.78 is 24.5. The van der Waals surface area contributed by atoms with Crippen LogP contribution in [0.3, 0.4) is 0 Å². The number of phenolic OH excluding ortho intramolecular Hbond substituents is 1. The first-order valence-electron chi connectivity index (χ1n) is 17.2. The highest BCUT2D eigenvalue weighted by Gasteiger charge is 2.59. The zero-order chi connectivity index (χ0) is 39.1. The standard InChI is InChI=1S/C39H41ClN2O12/c1-19-5-6-20(2)33(47)31(19)36(49)42-27-18-52-37(35(48)38(27,3)50)54-39-22(9-13-28(39)45)8-7-21-15-16-41-30(46)17-25(44)23-10-12-26(51-4)34(32(23)40)53-29(39)14-11-24(21)43/h5-6,9-10,12,15,24-25,27-29,35,37,43-45,47-48,50H,13,16-18H2,1-4H3,(H,41,46)(H,42,49)/b21-15-. The molecular formula is C39H41ClN2O12. The molecule has 6 rings (SSSR count). The second-order valence-corrected chi connectivity index (χ2v) is 14.1. The number of methoxy groups -OCH3 is 1. The molecule has 2 aliphatic heterocycles. The highest BCUT2D eigenvalue weighted by molar-refractivity contribution is 6.33. The number of aliphatic hydroxyl groups excluding tert-OH is 4. The summed E-state index contributed by atoms with van der Waals surface area (Å²) in [7, 11) is 1.35. The number of ether oxygens (including phenoxy) is 4. The lowest BCUT2D eigenvalue weighted by Gasteiger charge is -2.48. The summed E-state index contributed by atoms with van der Waals surface area (Å²) in [6, 6.07) is 5.05. The Labute approximate surface area is 316 Å². The van der Waals surface area contributed by atoms with Crippen LogP contribution in [0.1, 0.15) is 52.9 Å². The number of halogens is 1. The van der Waals surface area contributed by atoms with Gasteiger partial charge in [0.25, 0.3) is 5.91 Å². The summed E-state index contributed by atoms with van der Waals surface area (Å²) in [4.78, 5) is 26.1. The molecule has 2 amide bonds. The summed E-state index contributed by atoms with van der Waals surface area (Å²) in [5.41, 5.74) is -2.89. The number of fused-ring (bicyclic) bond motifs is 7. The second kappa shape index (κ2) is 15.3. The average molecular weight is 765 g/mol. The number of phenols is 1.